The summed E-state index contributed by atoms with van der Waals surface area (Å²) < 4.78 is 0. The molecule has 0 bridgehead atoms. The third-order valence-electron chi connectivity index (χ3n) is 6.01. The number of carbonyl (C=O) groups is 3. The van der Waals surface area contributed by atoms with E-state index in [4.69, 9.17) is 0 Å². The Bertz CT molecular complexity index is 1390. The zero-order chi connectivity index (χ0) is 24.7. The van der Waals surface area contributed by atoms with Gasteiger partial charge in [0.15, 0.2) is 0 Å². The fourth-order valence-electron chi connectivity index (χ4n) is 4.40. The lowest BCUT2D eigenvalue weighted by Crippen LogP contribution is -2.49. The van der Waals surface area contributed by atoms with Crippen molar-refractivity contribution in [3.05, 3.63) is 64.2 Å². The van der Waals surface area contributed by atoms with Crippen molar-refractivity contribution < 1.29 is 19.3 Å². The number of hydrogen-bond donors (Lipinski definition) is 2. The van der Waals surface area contributed by atoms with Crippen molar-refractivity contribution in [1.29, 1.82) is 0 Å². The highest BCUT2D eigenvalue weighted by Crippen LogP contribution is 2.45. The molecule has 12 heteroatoms. The van der Waals surface area contributed by atoms with Crippen LogP contribution < -0.4 is 15.5 Å². The van der Waals surface area contributed by atoms with Gasteiger partial charge in [0, 0.05) is 37.5 Å². The molecule has 2 N–H and O–H groups in total. The van der Waals surface area contributed by atoms with Gasteiger partial charge in [-0.2, -0.15) is 0 Å². The molecule has 1 fully saturated rings. The van der Waals surface area contributed by atoms with Crippen LogP contribution in [0.3, 0.4) is 0 Å². The second-order valence-electron chi connectivity index (χ2n) is 8.16. The average Bonchev–Trinajstić information content (AvgIpc) is 3.23. The molecule has 11 nitrogen and oxygen atoms in total. The van der Waals surface area contributed by atoms with E-state index in [1.807, 2.05) is 0 Å². The van der Waals surface area contributed by atoms with Crippen molar-refractivity contribution in [3.8, 4) is 0 Å². The molecule has 1 aromatic carbocycles. The van der Waals surface area contributed by atoms with E-state index in [0.29, 0.717) is 45.2 Å². The maximum Gasteiger partial charge on any atom is 0.331 e. The molecule has 1 saturated heterocycles. The number of hydrogen-bond acceptors (Lipinski definition) is 7. The molecule has 0 spiro atoms. The summed E-state index contributed by atoms with van der Waals surface area (Å²) in [5.74, 6) is -0.524. The Morgan fingerprint density at radius 3 is 2.77 bits per heavy atom. The van der Waals surface area contributed by atoms with Crippen molar-refractivity contribution >= 4 is 62.1 Å². The first-order chi connectivity index (χ1) is 16.9. The summed E-state index contributed by atoms with van der Waals surface area (Å²) in [6, 6.07) is 6.59. The SMILES string of the molecule is C=CC(=O)N1CCC[C@@H](NC(=O)c2sc3nccc4c3c2NC(=O)N4c2ccc([N+](=O)[O-])cc2)C1. The monoisotopic (exact) mass is 492 g/mol. The minimum Gasteiger partial charge on any atom is -0.347 e. The van der Waals surface area contributed by atoms with Crippen LogP contribution in [0, 0.1) is 10.1 Å². The summed E-state index contributed by atoms with van der Waals surface area (Å²) in [6.07, 6.45) is 4.31. The van der Waals surface area contributed by atoms with Crippen LogP contribution in [0.25, 0.3) is 10.2 Å². The molecule has 2 aromatic heterocycles. The summed E-state index contributed by atoms with van der Waals surface area (Å²) in [7, 11) is 0. The number of pyridine rings is 1. The van der Waals surface area contributed by atoms with Gasteiger partial charge in [0.25, 0.3) is 11.6 Å². The number of likely N-dealkylation sites (tertiary alicyclic amines) is 1. The largest absolute Gasteiger partial charge is 0.347 e. The van der Waals surface area contributed by atoms with Gasteiger partial charge in [0.05, 0.1) is 27.4 Å². The lowest BCUT2D eigenvalue weighted by molar-refractivity contribution is -0.384. The predicted molar refractivity (Wildman–Crippen MR) is 131 cm³/mol. The Kier molecular flexibility index (Phi) is 5.65. The molecule has 2 aliphatic rings. The number of rotatable bonds is 5. The highest BCUT2D eigenvalue weighted by atomic mass is 32.1. The number of thiophene rings is 1. The van der Waals surface area contributed by atoms with E-state index in [1.165, 1.54) is 46.6 Å². The van der Waals surface area contributed by atoms with Crippen LogP contribution in [0.4, 0.5) is 27.5 Å². The van der Waals surface area contributed by atoms with Crippen LogP contribution >= 0.6 is 11.3 Å². The Labute approximate surface area is 203 Å². The Balaban J connectivity index is 1.46. The molecule has 0 saturated carbocycles. The maximum atomic E-state index is 13.2. The van der Waals surface area contributed by atoms with Crippen LogP contribution in [0.5, 0.6) is 0 Å². The van der Waals surface area contributed by atoms with Gasteiger partial charge in [-0.15, -0.1) is 11.3 Å². The number of urea groups is 1. The van der Waals surface area contributed by atoms with Gasteiger partial charge < -0.3 is 15.5 Å². The molecular weight excluding hydrogens is 472 g/mol. The van der Waals surface area contributed by atoms with Crippen LogP contribution in [-0.4, -0.2) is 51.8 Å². The third kappa shape index (κ3) is 3.97. The van der Waals surface area contributed by atoms with Crippen molar-refractivity contribution in [1.82, 2.24) is 15.2 Å². The molecular formula is C23H20N6O5S. The zero-order valence-electron chi connectivity index (χ0n) is 18.4. The van der Waals surface area contributed by atoms with Crippen molar-refractivity contribution in [3.63, 3.8) is 0 Å². The van der Waals surface area contributed by atoms with Crippen LogP contribution in [0.2, 0.25) is 0 Å². The van der Waals surface area contributed by atoms with E-state index >= 15 is 0 Å². The first-order valence-electron chi connectivity index (χ1n) is 10.9. The Morgan fingerprint density at radius 2 is 2.06 bits per heavy atom. The highest BCUT2D eigenvalue weighted by Gasteiger charge is 2.34. The van der Waals surface area contributed by atoms with E-state index in [1.54, 1.807) is 17.2 Å². The molecule has 4 amide bonds. The quantitative estimate of drug-likeness (QED) is 0.316. The number of amides is 4. The number of nitro groups is 1. The topological polar surface area (TPSA) is 138 Å². The summed E-state index contributed by atoms with van der Waals surface area (Å²) >= 11 is 1.17. The Morgan fingerprint density at radius 1 is 1.29 bits per heavy atom. The normalized spacial score (nSPS) is 17.1. The van der Waals surface area contributed by atoms with Crippen LogP contribution in [0.1, 0.15) is 22.5 Å². The van der Waals surface area contributed by atoms with Crippen LogP contribution in [0.15, 0.2) is 49.2 Å². The second kappa shape index (κ2) is 8.80. The Hall–Kier alpha value is -4.32. The third-order valence-corrected chi connectivity index (χ3v) is 7.11. The summed E-state index contributed by atoms with van der Waals surface area (Å²) in [5.41, 5.74) is 1.26. The molecule has 3 aromatic rings. The van der Waals surface area contributed by atoms with Gasteiger partial charge in [-0.05, 0) is 37.1 Å². The molecule has 0 aliphatic carbocycles. The van der Waals surface area contributed by atoms with Crippen molar-refractivity contribution in [2.75, 3.05) is 23.3 Å². The van der Waals surface area contributed by atoms with E-state index in [9.17, 15) is 24.5 Å². The van der Waals surface area contributed by atoms with Gasteiger partial charge in [-0.25, -0.2) is 9.78 Å². The number of nitrogens with zero attached hydrogens (tertiary/aromatic N) is 4. The van der Waals surface area contributed by atoms with Gasteiger partial charge in [-0.3, -0.25) is 24.6 Å². The molecule has 2 aliphatic heterocycles. The summed E-state index contributed by atoms with van der Waals surface area (Å²) in [4.78, 5) is 57.1. The number of carbonyl (C=O) groups excluding carboxylic acids is 3. The molecule has 35 heavy (non-hydrogen) atoms. The number of aromatic nitrogens is 1. The molecule has 178 valence electrons. The number of non-ortho nitro benzene ring substituents is 1. The van der Waals surface area contributed by atoms with E-state index in [-0.39, 0.29) is 23.5 Å². The second-order valence-corrected chi connectivity index (χ2v) is 9.16. The molecule has 5 rings (SSSR count). The smallest absolute Gasteiger partial charge is 0.331 e. The van der Waals surface area contributed by atoms with Gasteiger partial charge in [-0.1, -0.05) is 6.58 Å². The van der Waals surface area contributed by atoms with Gasteiger partial charge in [0.1, 0.15) is 9.71 Å². The molecule has 0 radical (unpaired) electrons. The first-order valence-corrected chi connectivity index (χ1v) is 11.7. The number of nitrogens with one attached hydrogen (secondary N) is 2. The zero-order valence-corrected chi connectivity index (χ0v) is 19.2. The minimum absolute atomic E-state index is 0.0858. The first kappa shape index (κ1) is 22.5. The van der Waals surface area contributed by atoms with Gasteiger partial charge >= 0.3 is 6.03 Å². The number of piperidine rings is 1. The van der Waals surface area contributed by atoms with Crippen LogP contribution in [-0.2, 0) is 4.79 Å². The summed E-state index contributed by atoms with van der Waals surface area (Å²) in [6.45, 7) is 4.53. The van der Waals surface area contributed by atoms with E-state index in [0.717, 1.165) is 12.8 Å². The van der Waals surface area contributed by atoms with Crippen molar-refractivity contribution in [2.45, 2.75) is 18.9 Å². The fraction of sp³-hybridized carbons (Fsp3) is 0.217. The number of nitro benzene ring substituents is 1. The van der Waals surface area contributed by atoms with Crippen molar-refractivity contribution in [2.24, 2.45) is 0 Å². The van der Waals surface area contributed by atoms with Gasteiger partial charge in [0.2, 0.25) is 5.91 Å². The number of anilines is 3. The average molecular weight is 493 g/mol. The molecule has 4 heterocycles. The minimum atomic E-state index is -0.509. The molecule has 1 atom stereocenters. The standard InChI is InChI=1S/C23H20N6O5S/c1-2-17(30)27-11-3-4-13(12-27)25-21(31)20-19-18-16(9-10-24-22(18)35-20)28(23(32)26-19)14-5-7-15(8-6-14)29(33)34/h2,5-10,13H,1,3-4,11-12H2,(H,25,31)(H,26,32)/t13-/m1/s1. The predicted octanol–water partition coefficient (Wildman–Crippen LogP) is 3.79. The maximum absolute atomic E-state index is 13.2. The highest BCUT2D eigenvalue weighted by molar-refractivity contribution is 7.21. The van der Waals surface area contributed by atoms with E-state index in [2.05, 4.69) is 22.2 Å². The van der Waals surface area contributed by atoms with E-state index < -0.39 is 11.0 Å². The lowest BCUT2D eigenvalue weighted by Gasteiger charge is -2.32. The molecule has 0 unspecified atom stereocenters. The summed E-state index contributed by atoms with van der Waals surface area (Å²) in [5, 5.41) is 17.4. The number of benzene rings is 1. The lowest BCUT2D eigenvalue weighted by atomic mass is 10.1. The fourth-order valence-corrected chi connectivity index (χ4v) is 5.42.